The van der Waals surface area contributed by atoms with Crippen molar-refractivity contribution < 1.29 is 9.47 Å². The normalized spacial score (nSPS) is 10.2. The van der Waals surface area contributed by atoms with E-state index in [-0.39, 0.29) is 0 Å². The van der Waals surface area contributed by atoms with E-state index in [4.69, 9.17) is 9.47 Å². The summed E-state index contributed by atoms with van der Waals surface area (Å²) in [5.41, 5.74) is 3.60. The third-order valence-electron chi connectivity index (χ3n) is 3.28. The molecule has 0 heterocycles. The van der Waals surface area contributed by atoms with Gasteiger partial charge in [-0.2, -0.15) is 0 Å². The first-order valence-electron chi connectivity index (χ1n) is 6.80. The topological polar surface area (TPSA) is 30.5 Å². The van der Waals surface area contributed by atoms with Gasteiger partial charge in [-0.15, -0.1) is 0 Å². The monoisotopic (exact) mass is 271 g/mol. The van der Waals surface area contributed by atoms with Crippen molar-refractivity contribution in [2.75, 3.05) is 19.5 Å². The molecule has 0 unspecified atom stereocenters. The van der Waals surface area contributed by atoms with Crippen LogP contribution in [0.25, 0.3) is 0 Å². The number of ether oxygens (including phenoxy) is 2. The van der Waals surface area contributed by atoms with Crippen LogP contribution in [-0.4, -0.2) is 14.2 Å². The van der Waals surface area contributed by atoms with Gasteiger partial charge in [0.05, 0.1) is 14.2 Å². The molecule has 0 atom stereocenters. The number of benzene rings is 2. The van der Waals surface area contributed by atoms with Gasteiger partial charge in [-0.3, -0.25) is 0 Å². The van der Waals surface area contributed by atoms with Crippen LogP contribution in [0, 0.1) is 0 Å². The number of aryl methyl sites for hydroxylation is 1. The third kappa shape index (κ3) is 3.67. The summed E-state index contributed by atoms with van der Waals surface area (Å²) in [7, 11) is 3.31. The molecular weight excluding hydrogens is 250 g/mol. The number of nitrogens with one attached hydrogen (secondary N) is 1. The predicted molar refractivity (Wildman–Crippen MR) is 82.7 cm³/mol. The van der Waals surface area contributed by atoms with Gasteiger partial charge >= 0.3 is 0 Å². The fourth-order valence-corrected chi connectivity index (χ4v) is 2.01. The highest BCUT2D eigenvalue weighted by molar-refractivity contribution is 5.54. The minimum atomic E-state index is 0.778. The summed E-state index contributed by atoms with van der Waals surface area (Å²) in [6.45, 7) is 2.94. The van der Waals surface area contributed by atoms with Gasteiger partial charge in [0.1, 0.15) is 11.5 Å². The van der Waals surface area contributed by atoms with Crippen molar-refractivity contribution in [1.29, 1.82) is 0 Å². The first kappa shape index (κ1) is 14.3. The van der Waals surface area contributed by atoms with Crippen LogP contribution in [0.2, 0.25) is 0 Å². The van der Waals surface area contributed by atoms with Gasteiger partial charge in [0.15, 0.2) is 0 Å². The molecule has 0 bridgehead atoms. The highest BCUT2D eigenvalue weighted by Gasteiger charge is 2.02. The zero-order valence-electron chi connectivity index (χ0n) is 12.3. The molecule has 0 amide bonds. The quantitative estimate of drug-likeness (QED) is 0.865. The SMILES string of the molecule is CCc1ccc(CNc2cc(OC)cc(OC)c2)cc1. The van der Waals surface area contributed by atoms with E-state index in [0.717, 1.165) is 30.2 Å². The van der Waals surface area contributed by atoms with Crippen LogP contribution in [0.15, 0.2) is 42.5 Å². The van der Waals surface area contributed by atoms with Crippen molar-refractivity contribution in [2.24, 2.45) is 0 Å². The van der Waals surface area contributed by atoms with Gasteiger partial charge in [-0.05, 0) is 17.5 Å². The first-order chi connectivity index (χ1) is 9.75. The van der Waals surface area contributed by atoms with Crippen molar-refractivity contribution in [3.8, 4) is 11.5 Å². The summed E-state index contributed by atoms with van der Waals surface area (Å²) >= 11 is 0. The molecule has 2 rings (SSSR count). The maximum Gasteiger partial charge on any atom is 0.124 e. The van der Waals surface area contributed by atoms with Crippen LogP contribution in [-0.2, 0) is 13.0 Å². The summed E-state index contributed by atoms with van der Waals surface area (Å²) in [6.07, 6.45) is 1.07. The van der Waals surface area contributed by atoms with Crippen molar-refractivity contribution in [2.45, 2.75) is 19.9 Å². The van der Waals surface area contributed by atoms with Crippen LogP contribution >= 0.6 is 0 Å². The Bertz CT molecular complexity index is 527. The Morgan fingerprint density at radius 2 is 1.40 bits per heavy atom. The van der Waals surface area contributed by atoms with E-state index in [1.54, 1.807) is 14.2 Å². The molecule has 1 N–H and O–H groups in total. The van der Waals surface area contributed by atoms with E-state index in [1.165, 1.54) is 11.1 Å². The lowest BCUT2D eigenvalue weighted by Gasteiger charge is -2.11. The summed E-state index contributed by atoms with van der Waals surface area (Å²) in [6, 6.07) is 14.4. The van der Waals surface area contributed by atoms with Crippen LogP contribution in [0.5, 0.6) is 11.5 Å². The maximum atomic E-state index is 5.26. The minimum Gasteiger partial charge on any atom is -0.497 e. The molecule has 3 heteroatoms. The lowest BCUT2D eigenvalue weighted by molar-refractivity contribution is 0.394. The number of hydrogen-bond acceptors (Lipinski definition) is 3. The molecule has 0 saturated carbocycles. The third-order valence-corrected chi connectivity index (χ3v) is 3.28. The summed E-state index contributed by atoms with van der Waals surface area (Å²) in [4.78, 5) is 0. The zero-order valence-corrected chi connectivity index (χ0v) is 12.3. The minimum absolute atomic E-state index is 0.778. The van der Waals surface area contributed by atoms with Gasteiger partial charge in [-0.25, -0.2) is 0 Å². The second kappa shape index (κ2) is 6.85. The summed E-state index contributed by atoms with van der Waals surface area (Å²) in [5, 5.41) is 3.39. The molecule has 0 spiro atoms. The highest BCUT2D eigenvalue weighted by Crippen LogP contribution is 2.26. The Balaban J connectivity index is 2.05. The van der Waals surface area contributed by atoms with Crippen LogP contribution in [0.4, 0.5) is 5.69 Å². The Kier molecular flexibility index (Phi) is 4.88. The van der Waals surface area contributed by atoms with Crippen molar-refractivity contribution in [1.82, 2.24) is 0 Å². The molecule has 0 aliphatic rings. The fourth-order valence-electron chi connectivity index (χ4n) is 2.01. The zero-order chi connectivity index (χ0) is 14.4. The number of rotatable bonds is 6. The Morgan fingerprint density at radius 1 is 0.850 bits per heavy atom. The molecule has 2 aromatic carbocycles. The van der Waals surface area contributed by atoms with Crippen molar-refractivity contribution >= 4 is 5.69 Å². The van der Waals surface area contributed by atoms with E-state index in [9.17, 15) is 0 Å². The molecule has 0 aliphatic carbocycles. The van der Waals surface area contributed by atoms with Crippen molar-refractivity contribution in [3.63, 3.8) is 0 Å². The Labute approximate surface area is 120 Å². The second-order valence-electron chi connectivity index (χ2n) is 4.62. The van der Waals surface area contributed by atoms with Crippen LogP contribution < -0.4 is 14.8 Å². The summed E-state index contributed by atoms with van der Waals surface area (Å²) in [5.74, 6) is 1.57. The van der Waals surface area contributed by atoms with Gasteiger partial charge in [0, 0.05) is 30.4 Å². The number of methoxy groups -OCH3 is 2. The second-order valence-corrected chi connectivity index (χ2v) is 4.62. The van der Waals surface area contributed by atoms with Crippen LogP contribution in [0.1, 0.15) is 18.1 Å². The highest BCUT2D eigenvalue weighted by atomic mass is 16.5. The standard InChI is InChI=1S/C17H21NO2/c1-4-13-5-7-14(8-6-13)12-18-15-9-16(19-2)11-17(10-15)20-3/h5-11,18H,4,12H2,1-3H3. The first-order valence-corrected chi connectivity index (χ1v) is 6.80. The molecule has 0 aliphatic heterocycles. The lowest BCUT2D eigenvalue weighted by atomic mass is 10.1. The van der Waals surface area contributed by atoms with Gasteiger partial charge in [0.25, 0.3) is 0 Å². The van der Waals surface area contributed by atoms with E-state index in [0.29, 0.717) is 0 Å². The average Bonchev–Trinajstić information content (AvgIpc) is 2.53. The smallest absolute Gasteiger partial charge is 0.124 e. The number of anilines is 1. The van der Waals surface area contributed by atoms with E-state index < -0.39 is 0 Å². The van der Waals surface area contributed by atoms with Crippen molar-refractivity contribution in [3.05, 3.63) is 53.6 Å². The molecule has 2 aromatic rings. The molecule has 106 valence electrons. The maximum absolute atomic E-state index is 5.26. The average molecular weight is 271 g/mol. The van der Waals surface area contributed by atoms with Gasteiger partial charge < -0.3 is 14.8 Å². The molecule has 0 saturated heterocycles. The van der Waals surface area contributed by atoms with E-state index in [2.05, 4.69) is 36.5 Å². The Hall–Kier alpha value is -2.16. The van der Waals surface area contributed by atoms with Gasteiger partial charge in [0.2, 0.25) is 0 Å². The molecule has 0 radical (unpaired) electrons. The number of hydrogen-bond donors (Lipinski definition) is 1. The Morgan fingerprint density at radius 3 is 1.90 bits per heavy atom. The van der Waals surface area contributed by atoms with Crippen LogP contribution in [0.3, 0.4) is 0 Å². The molecular formula is C17H21NO2. The van der Waals surface area contributed by atoms with Gasteiger partial charge in [-0.1, -0.05) is 31.2 Å². The summed E-state index contributed by atoms with van der Waals surface area (Å²) < 4.78 is 10.5. The van der Waals surface area contributed by atoms with E-state index >= 15 is 0 Å². The largest absolute Gasteiger partial charge is 0.497 e. The molecule has 3 nitrogen and oxygen atoms in total. The molecule has 0 aromatic heterocycles. The molecule has 0 fully saturated rings. The van der Waals surface area contributed by atoms with E-state index in [1.807, 2.05) is 18.2 Å². The fraction of sp³-hybridized carbons (Fsp3) is 0.294. The predicted octanol–water partition coefficient (Wildman–Crippen LogP) is 3.88. The molecule has 20 heavy (non-hydrogen) atoms. The lowest BCUT2D eigenvalue weighted by Crippen LogP contribution is -2.00.